The second-order valence-corrected chi connectivity index (χ2v) is 10.7. The lowest BCUT2D eigenvalue weighted by Crippen LogP contribution is -2.08. The Labute approximate surface area is 199 Å². The standard InChI is InChI=1S/C24H21BrN2O5S/c1-13-3-6-16(7-4-13)33(31,32)23-14(2)26-21(17(23)8-10-22(28)29)12-19-18-11-15(25)5-9-20(18)27-24(19)30/h3-7,9,11-12,26H,8,10H2,1-2H3,(H,27,30)(H,28,29). The smallest absolute Gasteiger partial charge is 0.303 e. The Hall–Kier alpha value is -3.17. The van der Waals surface area contributed by atoms with Crippen LogP contribution in [0.2, 0.25) is 0 Å². The van der Waals surface area contributed by atoms with Gasteiger partial charge in [-0.05, 0) is 62.2 Å². The van der Waals surface area contributed by atoms with Gasteiger partial charge in [-0.3, -0.25) is 9.59 Å². The van der Waals surface area contributed by atoms with Crippen LogP contribution in [0.3, 0.4) is 0 Å². The lowest BCUT2D eigenvalue weighted by atomic mass is 10.0. The van der Waals surface area contributed by atoms with Crippen LogP contribution in [0.4, 0.5) is 5.69 Å². The van der Waals surface area contributed by atoms with E-state index in [-0.39, 0.29) is 28.5 Å². The van der Waals surface area contributed by atoms with Gasteiger partial charge in [-0.15, -0.1) is 0 Å². The third-order valence-electron chi connectivity index (χ3n) is 5.50. The third-order valence-corrected chi connectivity index (χ3v) is 7.98. The number of carboxylic acid groups (broad SMARTS) is 1. The Kier molecular flexibility index (Phi) is 6.02. The zero-order chi connectivity index (χ0) is 23.9. The van der Waals surface area contributed by atoms with E-state index < -0.39 is 15.8 Å². The molecular weight excluding hydrogens is 508 g/mol. The van der Waals surface area contributed by atoms with Gasteiger partial charge in [-0.1, -0.05) is 33.6 Å². The van der Waals surface area contributed by atoms with E-state index in [4.69, 9.17) is 0 Å². The van der Waals surface area contributed by atoms with Crippen molar-refractivity contribution < 1.29 is 23.1 Å². The highest BCUT2D eigenvalue weighted by atomic mass is 79.9. The summed E-state index contributed by atoms with van der Waals surface area (Å²) < 4.78 is 27.8. The zero-order valence-electron chi connectivity index (χ0n) is 17.9. The number of rotatable bonds is 6. The fourth-order valence-corrected chi connectivity index (χ4v) is 6.01. The summed E-state index contributed by atoms with van der Waals surface area (Å²) >= 11 is 3.41. The highest BCUT2D eigenvalue weighted by molar-refractivity contribution is 9.10. The first-order valence-corrected chi connectivity index (χ1v) is 12.4. The van der Waals surface area contributed by atoms with Gasteiger partial charge in [-0.2, -0.15) is 0 Å². The molecular formula is C24H21BrN2O5S. The number of aryl methyl sites for hydroxylation is 2. The van der Waals surface area contributed by atoms with Gasteiger partial charge in [-0.25, -0.2) is 8.42 Å². The molecule has 4 rings (SSSR count). The van der Waals surface area contributed by atoms with Crippen LogP contribution in [0.25, 0.3) is 11.6 Å². The first-order chi connectivity index (χ1) is 15.6. The number of nitrogens with one attached hydrogen (secondary N) is 2. The van der Waals surface area contributed by atoms with Crippen LogP contribution < -0.4 is 5.32 Å². The quantitative estimate of drug-likeness (QED) is 0.399. The molecule has 7 nitrogen and oxygen atoms in total. The van der Waals surface area contributed by atoms with Gasteiger partial charge in [0, 0.05) is 33.5 Å². The van der Waals surface area contributed by atoms with Crippen LogP contribution in [-0.2, 0) is 25.8 Å². The maximum absolute atomic E-state index is 13.5. The van der Waals surface area contributed by atoms with Crippen molar-refractivity contribution in [1.29, 1.82) is 0 Å². The molecule has 0 radical (unpaired) electrons. The topological polar surface area (TPSA) is 116 Å². The van der Waals surface area contributed by atoms with Crippen LogP contribution in [0.15, 0.2) is 56.7 Å². The molecule has 9 heteroatoms. The summed E-state index contributed by atoms with van der Waals surface area (Å²) in [7, 11) is -3.92. The molecule has 0 fully saturated rings. The van der Waals surface area contributed by atoms with Gasteiger partial charge in [0.05, 0.1) is 15.4 Å². The number of halogens is 1. The number of amides is 1. The number of fused-ring (bicyclic) bond motifs is 1. The number of aliphatic carboxylic acids is 1. The highest BCUT2D eigenvalue weighted by Gasteiger charge is 2.30. The van der Waals surface area contributed by atoms with Gasteiger partial charge >= 0.3 is 5.97 Å². The van der Waals surface area contributed by atoms with E-state index in [1.54, 1.807) is 37.3 Å². The SMILES string of the molecule is Cc1ccc(S(=O)(=O)c2c(C)[nH]c(C=C3C(=O)Nc4ccc(Br)cc43)c2CCC(=O)O)cc1. The molecule has 1 amide bonds. The molecule has 2 heterocycles. The van der Waals surface area contributed by atoms with E-state index in [2.05, 4.69) is 26.2 Å². The second-order valence-electron chi connectivity index (χ2n) is 7.88. The minimum absolute atomic E-state index is 0.00777. The second kappa shape index (κ2) is 8.64. The maximum Gasteiger partial charge on any atom is 0.303 e. The normalized spacial score (nSPS) is 14.4. The third kappa shape index (κ3) is 4.38. The summed E-state index contributed by atoms with van der Waals surface area (Å²) in [6.45, 7) is 3.50. The molecule has 0 atom stereocenters. The predicted octanol–water partition coefficient (Wildman–Crippen LogP) is 4.74. The minimum Gasteiger partial charge on any atom is -0.481 e. The van der Waals surface area contributed by atoms with Crippen LogP contribution >= 0.6 is 15.9 Å². The van der Waals surface area contributed by atoms with Crippen molar-refractivity contribution in [3.05, 3.63) is 75.0 Å². The van der Waals surface area contributed by atoms with Crippen molar-refractivity contribution in [2.45, 2.75) is 36.5 Å². The van der Waals surface area contributed by atoms with Crippen molar-refractivity contribution in [2.75, 3.05) is 5.32 Å². The zero-order valence-corrected chi connectivity index (χ0v) is 20.3. The number of benzene rings is 2. The van der Waals surface area contributed by atoms with Gasteiger partial charge < -0.3 is 15.4 Å². The van der Waals surface area contributed by atoms with Crippen molar-refractivity contribution >= 4 is 55.0 Å². The molecule has 170 valence electrons. The van der Waals surface area contributed by atoms with Gasteiger partial charge in [0.2, 0.25) is 9.84 Å². The molecule has 0 aliphatic carbocycles. The Morgan fingerprint density at radius 1 is 1.12 bits per heavy atom. The summed E-state index contributed by atoms with van der Waals surface area (Å²) in [6.07, 6.45) is 1.33. The lowest BCUT2D eigenvalue weighted by molar-refractivity contribution is -0.137. The number of carbonyl (C=O) groups is 2. The van der Waals surface area contributed by atoms with Crippen molar-refractivity contribution in [1.82, 2.24) is 4.98 Å². The average molecular weight is 529 g/mol. The number of aromatic nitrogens is 1. The number of H-pyrrole nitrogens is 1. The highest BCUT2D eigenvalue weighted by Crippen LogP contribution is 2.37. The molecule has 0 saturated heterocycles. The van der Waals surface area contributed by atoms with E-state index >= 15 is 0 Å². The van der Waals surface area contributed by atoms with E-state index in [9.17, 15) is 23.1 Å². The number of carbonyl (C=O) groups excluding carboxylic acids is 1. The fraction of sp³-hybridized carbons (Fsp3) is 0.167. The Bertz CT molecular complexity index is 1420. The molecule has 3 N–H and O–H groups in total. The van der Waals surface area contributed by atoms with Gasteiger partial charge in [0.15, 0.2) is 0 Å². The fourth-order valence-electron chi connectivity index (χ4n) is 3.93. The molecule has 1 aliphatic heterocycles. The van der Waals surface area contributed by atoms with Crippen LogP contribution in [0.1, 0.15) is 34.5 Å². The number of aromatic amines is 1. The van der Waals surface area contributed by atoms with Gasteiger partial charge in [0.25, 0.3) is 5.91 Å². The van der Waals surface area contributed by atoms with Crippen molar-refractivity contribution in [2.24, 2.45) is 0 Å². The summed E-state index contributed by atoms with van der Waals surface area (Å²) in [6, 6.07) is 11.9. The molecule has 1 aliphatic rings. The Morgan fingerprint density at radius 2 is 1.82 bits per heavy atom. The van der Waals surface area contributed by atoms with E-state index in [0.29, 0.717) is 33.8 Å². The number of carboxylic acids is 1. The first-order valence-electron chi connectivity index (χ1n) is 10.2. The van der Waals surface area contributed by atoms with E-state index in [1.807, 2.05) is 13.0 Å². The molecule has 0 unspecified atom stereocenters. The summed E-state index contributed by atoms with van der Waals surface area (Å²) in [5.74, 6) is -1.36. The number of hydrogen-bond acceptors (Lipinski definition) is 4. The van der Waals surface area contributed by atoms with Crippen LogP contribution in [0.5, 0.6) is 0 Å². The molecule has 33 heavy (non-hydrogen) atoms. The molecule has 0 saturated carbocycles. The van der Waals surface area contributed by atoms with E-state index in [1.165, 1.54) is 12.1 Å². The predicted molar refractivity (Wildman–Crippen MR) is 129 cm³/mol. The monoisotopic (exact) mass is 528 g/mol. The van der Waals surface area contributed by atoms with Crippen molar-refractivity contribution in [3.8, 4) is 0 Å². The summed E-state index contributed by atoms with van der Waals surface area (Å²) in [4.78, 5) is 27.2. The maximum atomic E-state index is 13.5. The van der Waals surface area contributed by atoms with Crippen LogP contribution in [-0.4, -0.2) is 30.4 Å². The Balaban J connectivity index is 1.90. The first kappa shape index (κ1) is 23.0. The summed E-state index contributed by atoms with van der Waals surface area (Å²) in [5, 5.41) is 12.0. The molecule has 0 bridgehead atoms. The molecule has 2 aromatic carbocycles. The minimum atomic E-state index is -3.92. The molecule has 3 aromatic rings. The number of hydrogen-bond donors (Lipinski definition) is 3. The Morgan fingerprint density at radius 3 is 2.48 bits per heavy atom. The van der Waals surface area contributed by atoms with Crippen molar-refractivity contribution in [3.63, 3.8) is 0 Å². The molecule has 0 spiro atoms. The largest absolute Gasteiger partial charge is 0.481 e. The van der Waals surface area contributed by atoms with Gasteiger partial charge in [0.1, 0.15) is 0 Å². The average Bonchev–Trinajstić information content (AvgIpc) is 3.23. The van der Waals surface area contributed by atoms with Crippen LogP contribution in [0, 0.1) is 13.8 Å². The summed E-state index contributed by atoms with van der Waals surface area (Å²) in [5.41, 5.74) is 3.75. The molecule has 1 aromatic heterocycles. The number of sulfone groups is 1. The number of anilines is 1. The lowest BCUT2D eigenvalue weighted by Gasteiger charge is -2.09. The van der Waals surface area contributed by atoms with E-state index in [0.717, 1.165) is 10.0 Å².